The third kappa shape index (κ3) is 3.96. The first-order valence-corrected chi connectivity index (χ1v) is 6.56. The average Bonchev–Trinajstić information content (AvgIpc) is 2.38. The van der Waals surface area contributed by atoms with Crippen molar-refractivity contribution in [2.45, 2.75) is 33.7 Å². The molecule has 2 N–H and O–H groups in total. The van der Waals surface area contributed by atoms with Gasteiger partial charge in [0.1, 0.15) is 5.75 Å². The highest BCUT2D eigenvalue weighted by Crippen LogP contribution is 2.29. The maximum Gasteiger partial charge on any atom is 0.221 e. The van der Waals surface area contributed by atoms with Crippen molar-refractivity contribution in [3.63, 3.8) is 0 Å². The van der Waals surface area contributed by atoms with E-state index in [4.69, 9.17) is 4.74 Å². The van der Waals surface area contributed by atoms with E-state index >= 15 is 0 Å². The number of aryl methyl sites for hydroxylation is 2. The maximum absolute atomic E-state index is 11.6. The van der Waals surface area contributed by atoms with Crippen LogP contribution in [0, 0.1) is 20.8 Å². The van der Waals surface area contributed by atoms with E-state index in [9.17, 15) is 4.79 Å². The Morgan fingerprint density at radius 2 is 1.95 bits per heavy atom. The second-order valence-corrected chi connectivity index (χ2v) is 4.78. The topological polar surface area (TPSA) is 50.4 Å². The van der Waals surface area contributed by atoms with Crippen molar-refractivity contribution in [3.05, 3.63) is 28.3 Å². The lowest BCUT2D eigenvalue weighted by Crippen LogP contribution is -2.26. The van der Waals surface area contributed by atoms with E-state index in [1.807, 2.05) is 20.9 Å². The highest BCUT2D eigenvalue weighted by atomic mass is 16.5. The summed E-state index contributed by atoms with van der Waals surface area (Å²) in [5.41, 5.74) is 4.55. The molecule has 0 unspecified atom stereocenters. The summed E-state index contributed by atoms with van der Waals surface area (Å²) in [5.74, 6) is 0.931. The van der Waals surface area contributed by atoms with Crippen molar-refractivity contribution in [2.24, 2.45) is 0 Å². The van der Waals surface area contributed by atoms with Gasteiger partial charge in [0.05, 0.1) is 7.11 Å². The van der Waals surface area contributed by atoms with Crippen LogP contribution in [0.25, 0.3) is 0 Å². The second-order valence-electron chi connectivity index (χ2n) is 4.78. The first-order chi connectivity index (χ1) is 9.01. The van der Waals surface area contributed by atoms with E-state index in [0.29, 0.717) is 19.5 Å². The van der Waals surface area contributed by atoms with Crippen molar-refractivity contribution in [1.29, 1.82) is 0 Å². The predicted molar refractivity (Wildman–Crippen MR) is 77.6 cm³/mol. The Hall–Kier alpha value is -1.55. The van der Waals surface area contributed by atoms with Gasteiger partial charge in [-0.1, -0.05) is 6.07 Å². The van der Waals surface area contributed by atoms with Gasteiger partial charge in [0.2, 0.25) is 5.91 Å². The molecule has 0 spiro atoms. The zero-order valence-electron chi connectivity index (χ0n) is 12.5. The molecule has 0 radical (unpaired) electrons. The molecule has 0 saturated carbocycles. The maximum atomic E-state index is 11.6. The van der Waals surface area contributed by atoms with Crippen LogP contribution in [0.2, 0.25) is 0 Å². The van der Waals surface area contributed by atoms with Gasteiger partial charge in [-0.25, -0.2) is 0 Å². The molecule has 1 rings (SSSR count). The van der Waals surface area contributed by atoms with E-state index in [1.165, 1.54) is 5.56 Å². The van der Waals surface area contributed by atoms with Gasteiger partial charge in [-0.05, 0) is 44.5 Å². The Labute approximate surface area is 115 Å². The van der Waals surface area contributed by atoms with Crippen LogP contribution in [0.15, 0.2) is 6.07 Å². The lowest BCUT2D eigenvalue weighted by atomic mass is 9.99. The highest BCUT2D eigenvalue weighted by Gasteiger charge is 2.13. The smallest absolute Gasteiger partial charge is 0.221 e. The van der Waals surface area contributed by atoms with E-state index < -0.39 is 0 Å². The molecule has 1 aromatic carbocycles. The lowest BCUT2D eigenvalue weighted by Gasteiger charge is -2.17. The largest absolute Gasteiger partial charge is 0.496 e. The fourth-order valence-corrected chi connectivity index (χ4v) is 2.11. The fourth-order valence-electron chi connectivity index (χ4n) is 2.11. The first-order valence-electron chi connectivity index (χ1n) is 6.56. The molecule has 0 aliphatic rings. The number of hydrogen-bond donors (Lipinski definition) is 2. The van der Waals surface area contributed by atoms with Gasteiger partial charge in [-0.2, -0.15) is 0 Å². The van der Waals surface area contributed by atoms with Crippen molar-refractivity contribution >= 4 is 5.91 Å². The van der Waals surface area contributed by atoms with Crippen LogP contribution in [0.4, 0.5) is 0 Å². The molecule has 0 bridgehead atoms. The van der Waals surface area contributed by atoms with Crippen molar-refractivity contribution in [3.8, 4) is 5.75 Å². The number of carbonyl (C=O) groups excluding carboxylic acids is 1. The minimum atomic E-state index is 0.0500. The summed E-state index contributed by atoms with van der Waals surface area (Å²) in [6, 6.07) is 2.13. The van der Waals surface area contributed by atoms with Crippen LogP contribution in [0.3, 0.4) is 0 Å². The van der Waals surface area contributed by atoms with Crippen LogP contribution in [-0.4, -0.2) is 26.6 Å². The standard InChI is InChI=1S/C15H24N2O2/c1-10-8-11(2)13(15(19-5)12(10)3)9-17-14(18)6-7-16-4/h8,16H,6-7,9H2,1-5H3,(H,17,18). The van der Waals surface area contributed by atoms with Gasteiger partial charge in [0.15, 0.2) is 0 Å². The molecule has 0 saturated heterocycles. The molecule has 0 heterocycles. The molecular formula is C15H24N2O2. The normalized spacial score (nSPS) is 10.4. The lowest BCUT2D eigenvalue weighted by molar-refractivity contribution is -0.121. The molecule has 1 aromatic rings. The van der Waals surface area contributed by atoms with Crippen molar-refractivity contribution in [2.75, 3.05) is 20.7 Å². The van der Waals surface area contributed by atoms with Crippen LogP contribution >= 0.6 is 0 Å². The average molecular weight is 264 g/mol. The summed E-state index contributed by atoms with van der Waals surface area (Å²) >= 11 is 0. The minimum Gasteiger partial charge on any atom is -0.496 e. The SMILES string of the molecule is CNCCC(=O)NCc1c(C)cc(C)c(C)c1OC. The van der Waals surface area contributed by atoms with E-state index in [1.54, 1.807) is 7.11 Å². The number of nitrogens with one attached hydrogen (secondary N) is 2. The Kier molecular flexibility index (Phi) is 5.83. The highest BCUT2D eigenvalue weighted by molar-refractivity contribution is 5.76. The third-order valence-corrected chi connectivity index (χ3v) is 3.38. The third-order valence-electron chi connectivity index (χ3n) is 3.38. The molecule has 0 aromatic heterocycles. The second kappa shape index (κ2) is 7.14. The monoisotopic (exact) mass is 264 g/mol. The van der Waals surface area contributed by atoms with Crippen LogP contribution in [-0.2, 0) is 11.3 Å². The number of benzene rings is 1. The molecular weight excluding hydrogens is 240 g/mol. The van der Waals surface area contributed by atoms with Gasteiger partial charge in [-0.3, -0.25) is 4.79 Å². The Morgan fingerprint density at radius 1 is 1.26 bits per heavy atom. The molecule has 4 nitrogen and oxygen atoms in total. The summed E-state index contributed by atoms with van der Waals surface area (Å²) in [6.07, 6.45) is 0.489. The summed E-state index contributed by atoms with van der Waals surface area (Å²) in [5, 5.41) is 5.90. The zero-order valence-corrected chi connectivity index (χ0v) is 12.5. The molecule has 19 heavy (non-hydrogen) atoms. The van der Waals surface area contributed by atoms with E-state index in [2.05, 4.69) is 23.6 Å². The molecule has 0 aliphatic carbocycles. The Morgan fingerprint density at radius 3 is 2.53 bits per heavy atom. The van der Waals surface area contributed by atoms with Crippen molar-refractivity contribution < 1.29 is 9.53 Å². The zero-order chi connectivity index (χ0) is 14.4. The molecule has 106 valence electrons. The molecule has 0 atom stereocenters. The minimum absolute atomic E-state index is 0.0500. The van der Waals surface area contributed by atoms with Gasteiger partial charge in [0.25, 0.3) is 0 Å². The van der Waals surface area contributed by atoms with Gasteiger partial charge in [0, 0.05) is 25.1 Å². The number of hydrogen-bond acceptors (Lipinski definition) is 3. The summed E-state index contributed by atoms with van der Waals surface area (Å²) in [7, 11) is 3.51. The summed E-state index contributed by atoms with van der Waals surface area (Å²) < 4.78 is 5.49. The summed E-state index contributed by atoms with van der Waals surface area (Å²) in [6.45, 7) is 7.36. The van der Waals surface area contributed by atoms with Gasteiger partial charge < -0.3 is 15.4 Å². The van der Waals surface area contributed by atoms with Crippen LogP contribution in [0.1, 0.15) is 28.7 Å². The van der Waals surface area contributed by atoms with E-state index in [-0.39, 0.29) is 5.91 Å². The number of methoxy groups -OCH3 is 1. The predicted octanol–water partition coefficient (Wildman–Crippen LogP) is 1.85. The van der Waals surface area contributed by atoms with Gasteiger partial charge >= 0.3 is 0 Å². The van der Waals surface area contributed by atoms with Gasteiger partial charge in [-0.15, -0.1) is 0 Å². The summed E-state index contributed by atoms with van der Waals surface area (Å²) in [4.78, 5) is 11.6. The first kappa shape index (κ1) is 15.5. The quantitative estimate of drug-likeness (QED) is 0.824. The molecule has 0 fully saturated rings. The number of carbonyl (C=O) groups is 1. The van der Waals surface area contributed by atoms with Crippen LogP contribution < -0.4 is 15.4 Å². The molecule has 0 aliphatic heterocycles. The van der Waals surface area contributed by atoms with Crippen molar-refractivity contribution in [1.82, 2.24) is 10.6 Å². The Balaban J connectivity index is 2.83. The van der Waals surface area contributed by atoms with Crippen LogP contribution in [0.5, 0.6) is 5.75 Å². The molecule has 1 amide bonds. The van der Waals surface area contributed by atoms with E-state index in [0.717, 1.165) is 22.4 Å². The number of amides is 1. The number of ether oxygens (including phenoxy) is 1. The Bertz CT molecular complexity index is 456. The number of rotatable bonds is 6. The fraction of sp³-hybridized carbons (Fsp3) is 0.533. The molecule has 4 heteroatoms.